The van der Waals surface area contributed by atoms with Crippen molar-refractivity contribution in [1.29, 1.82) is 0 Å². The number of nitrogens with one attached hydrogen (secondary N) is 1. The molecule has 0 spiro atoms. The van der Waals surface area contributed by atoms with Crippen LogP contribution in [-0.4, -0.2) is 26.4 Å². The molecule has 1 heterocycles. The van der Waals surface area contributed by atoms with Gasteiger partial charge >= 0.3 is 0 Å². The summed E-state index contributed by atoms with van der Waals surface area (Å²) in [6.45, 7) is 7.04. The van der Waals surface area contributed by atoms with Crippen LogP contribution in [0.25, 0.3) is 0 Å². The first-order chi connectivity index (χ1) is 14.4. The summed E-state index contributed by atoms with van der Waals surface area (Å²) in [5.74, 6) is 1.49. The van der Waals surface area contributed by atoms with Crippen molar-refractivity contribution in [1.82, 2.24) is 14.8 Å². The maximum Gasteiger partial charge on any atom is 0.234 e. The van der Waals surface area contributed by atoms with Crippen molar-refractivity contribution in [2.75, 3.05) is 11.1 Å². The molecule has 0 saturated carbocycles. The van der Waals surface area contributed by atoms with E-state index in [-0.39, 0.29) is 11.7 Å². The monoisotopic (exact) mass is 464 g/mol. The molecule has 0 unspecified atom stereocenters. The number of carbonyl (C=O) groups is 1. The maximum atomic E-state index is 12.3. The molecule has 0 saturated heterocycles. The molecule has 0 atom stereocenters. The van der Waals surface area contributed by atoms with Crippen LogP contribution in [0.3, 0.4) is 0 Å². The second-order valence-electron chi connectivity index (χ2n) is 6.72. The lowest BCUT2D eigenvalue weighted by Gasteiger charge is -2.10. The number of aryl methyl sites for hydroxylation is 2. The van der Waals surface area contributed by atoms with Gasteiger partial charge in [-0.1, -0.05) is 41.0 Å². The van der Waals surface area contributed by atoms with E-state index in [1.54, 1.807) is 18.2 Å². The fourth-order valence-electron chi connectivity index (χ4n) is 2.92. The minimum Gasteiger partial charge on any atom is -0.486 e. The van der Waals surface area contributed by atoms with E-state index in [0.717, 1.165) is 16.9 Å². The second-order valence-corrected chi connectivity index (χ2v) is 8.50. The predicted molar refractivity (Wildman–Crippen MR) is 122 cm³/mol. The predicted octanol–water partition coefficient (Wildman–Crippen LogP) is 5.53. The van der Waals surface area contributed by atoms with Crippen LogP contribution < -0.4 is 10.1 Å². The van der Waals surface area contributed by atoms with Crippen LogP contribution in [0, 0.1) is 13.8 Å². The summed E-state index contributed by atoms with van der Waals surface area (Å²) in [7, 11) is 0. The Kier molecular flexibility index (Phi) is 7.64. The van der Waals surface area contributed by atoms with E-state index in [1.165, 1.54) is 11.8 Å². The molecular weight excluding hydrogens is 443 g/mol. The number of ether oxygens (including phenoxy) is 1. The number of hydrogen-bond donors (Lipinski definition) is 1. The Bertz CT molecular complexity index is 1040. The van der Waals surface area contributed by atoms with Gasteiger partial charge in [0.1, 0.15) is 12.4 Å². The van der Waals surface area contributed by atoms with Gasteiger partial charge in [-0.3, -0.25) is 4.79 Å². The Morgan fingerprint density at radius 2 is 1.87 bits per heavy atom. The Balaban J connectivity index is 1.60. The van der Waals surface area contributed by atoms with Crippen LogP contribution in [0.5, 0.6) is 5.75 Å². The fraction of sp³-hybridized carbons (Fsp3) is 0.286. The smallest absolute Gasteiger partial charge is 0.234 e. The molecule has 1 amide bonds. The molecule has 1 aromatic heterocycles. The van der Waals surface area contributed by atoms with Crippen LogP contribution in [0.1, 0.15) is 23.9 Å². The summed E-state index contributed by atoms with van der Waals surface area (Å²) in [4.78, 5) is 12.3. The van der Waals surface area contributed by atoms with Crippen molar-refractivity contribution in [2.45, 2.75) is 39.1 Å². The zero-order chi connectivity index (χ0) is 21.7. The van der Waals surface area contributed by atoms with Crippen LogP contribution in [-0.2, 0) is 17.9 Å². The molecule has 30 heavy (non-hydrogen) atoms. The number of anilines is 1. The van der Waals surface area contributed by atoms with Crippen LogP contribution in [0.2, 0.25) is 10.0 Å². The van der Waals surface area contributed by atoms with Gasteiger partial charge in [-0.15, -0.1) is 10.2 Å². The van der Waals surface area contributed by atoms with Gasteiger partial charge in [0.2, 0.25) is 5.91 Å². The van der Waals surface area contributed by atoms with Gasteiger partial charge in [-0.05, 0) is 62.2 Å². The van der Waals surface area contributed by atoms with Crippen LogP contribution in [0.15, 0.2) is 41.6 Å². The lowest BCUT2D eigenvalue weighted by molar-refractivity contribution is -0.113. The van der Waals surface area contributed by atoms with Crippen molar-refractivity contribution in [3.05, 3.63) is 63.4 Å². The summed E-state index contributed by atoms with van der Waals surface area (Å²) in [5, 5.41) is 12.8. The molecule has 0 aliphatic carbocycles. The molecule has 9 heteroatoms. The van der Waals surface area contributed by atoms with E-state index >= 15 is 0 Å². The zero-order valence-corrected chi connectivity index (χ0v) is 19.2. The molecular formula is C21H22Cl2N4O2S. The number of hydrogen-bond acceptors (Lipinski definition) is 5. The van der Waals surface area contributed by atoms with Gasteiger partial charge in [0.25, 0.3) is 0 Å². The van der Waals surface area contributed by atoms with Crippen LogP contribution in [0.4, 0.5) is 5.69 Å². The first kappa shape index (κ1) is 22.5. The Hall–Kier alpha value is -2.22. The molecule has 158 valence electrons. The van der Waals surface area contributed by atoms with E-state index < -0.39 is 0 Å². The highest BCUT2D eigenvalue weighted by Gasteiger charge is 2.14. The lowest BCUT2D eigenvalue weighted by atomic mass is 10.1. The third-order valence-corrected chi connectivity index (χ3v) is 5.72. The van der Waals surface area contributed by atoms with Crippen molar-refractivity contribution in [3.8, 4) is 5.75 Å². The Labute approximate surface area is 189 Å². The summed E-state index contributed by atoms with van der Waals surface area (Å²) in [6, 6.07) is 11.0. The number of carbonyl (C=O) groups excluding carboxylic acids is 1. The third kappa shape index (κ3) is 5.90. The number of rotatable bonds is 8. The highest BCUT2D eigenvalue weighted by atomic mass is 35.5. The molecule has 0 bridgehead atoms. The normalized spacial score (nSPS) is 10.8. The van der Waals surface area contributed by atoms with E-state index in [2.05, 4.69) is 21.6 Å². The van der Waals surface area contributed by atoms with Gasteiger partial charge in [-0.2, -0.15) is 0 Å². The lowest BCUT2D eigenvalue weighted by Crippen LogP contribution is -2.15. The Morgan fingerprint density at radius 1 is 1.13 bits per heavy atom. The van der Waals surface area contributed by atoms with Gasteiger partial charge in [0.05, 0.1) is 16.5 Å². The van der Waals surface area contributed by atoms with Crippen molar-refractivity contribution in [3.63, 3.8) is 0 Å². The van der Waals surface area contributed by atoms with Gasteiger partial charge in [0.15, 0.2) is 11.0 Å². The summed E-state index contributed by atoms with van der Waals surface area (Å²) in [6.07, 6.45) is 0. The topological polar surface area (TPSA) is 69.0 Å². The summed E-state index contributed by atoms with van der Waals surface area (Å²) < 4.78 is 7.84. The number of benzene rings is 2. The zero-order valence-electron chi connectivity index (χ0n) is 16.9. The standard InChI is InChI=1S/C21H22Cl2N4O2S/c1-4-27-19(11-29-16-8-13(2)7-14(3)9-16)25-26-21(27)30-12-20(28)24-18-6-5-15(22)10-17(18)23/h5-10H,4,11-12H2,1-3H3,(H,24,28). The molecule has 3 aromatic rings. The molecule has 0 aliphatic heterocycles. The average Bonchev–Trinajstić information content (AvgIpc) is 3.08. The van der Waals surface area contributed by atoms with E-state index in [1.807, 2.05) is 37.5 Å². The minimum absolute atomic E-state index is 0.176. The number of nitrogens with zero attached hydrogens (tertiary/aromatic N) is 3. The highest BCUT2D eigenvalue weighted by molar-refractivity contribution is 7.99. The van der Waals surface area contributed by atoms with E-state index in [0.29, 0.717) is 39.9 Å². The largest absolute Gasteiger partial charge is 0.486 e. The molecule has 1 N–H and O–H groups in total. The minimum atomic E-state index is -0.192. The number of aromatic nitrogens is 3. The number of amides is 1. The van der Waals surface area contributed by atoms with Crippen molar-refractivity contribution in [2.24, 2.45) is 0 Å². The van der Waals surface area contributed by atoms with E-state index in [9.17, 15) is 4.79 Å². The molecule has 0 fully saturated rings. The second kappa shape index (κ2) is 10.2. The third-order valence-electron chi connectivity index (χ3n) is 4.21. The first-order valence-electron chi connectivity index (χ1n) is 9.36. The SMILES string of the molecule is CCn1c(COc2cc(C)cc(C)c2)nnc1SCC(=O)Nc1ccc(Cl)cc1Cl. The number of thioether (sulfide) groups is 1. The molecule has 0 aliphatic rings. The fourth-order valence-corrected chi connectivity index (χ4v) is 4.20. The van der Waals surface area contributed by atoms with Gasteiger partial charge in [0, 0.05) is 11.6 Å². The first-order valence-corrected chi connectivity index (χ1v) is 11.1. The maximum absolute atomic E-state index is 12.3. The summed E-state index contributed by atoms with van der Waals surface area (Å²) >= 11 is 13.3. The van der Waals surface area contributed by atoms with Gasteiger partial charge < -0.3 is 14.6 Å². The molecule has 0 radical (unpaired) electrons. The average molecular weight is 465 g/mol. The van der Waals surface area contributed by atoms with Gasteiger partial charge in [-0.25, -0.2) is 0 Å². The quantitative estimate of drug-likeness (QED) is 0.443. The van der Waals surface area contributed by atoms with Crippen molar-refractivity contribution >= 4 is 46.6 Å². The van der Waals surface area contributed by atoms with E-state index in [4.69, 9.17) is 27.9 Å². The number of halogens is 2. The van der Waals surface area contributed by atoms with Crippen LogP contribution >= 0.6 is 35.0 Å². The Morgan fingerprint density at radius 3 is 2.53 bits per heavy atom. The molecule has 2 aromatic carbocycles. The molecule has 6 nitrogen and oxygen atoms in total. The van der Waals surface area contributed by atoms with Crippen molar-refractivity contribution < 1.29 is 9.53 Å². The highest BCUT2D eigenvalue weighted by Crippen LogP contribution is 2.26. The molecule has 3 rings (SSSR count). The summed E-state index contributed by atoms with van der Waals surface area (Å²) in [5.41, 5.74) is 2.81.